The van der Waals surface area contributed by atoms with Gasteiger partial charge in [0.1, 0.15) is 11.3 Å². The Morgan fingerprint density at radius 2 is 2.28 bits per heavy atom. The highest BCUT2D eigenvalue weighted by atomic mass is 35.5. The summed E-state index contributed by atoms with van der Waals surface area (Å²) < 4.78 is 0. The van der Waals surface area contributed by atoms with Crippen LogP contribution in [-0.4, -0.2) is 34.3 Å². The third-order valence-corrected chi connectivity index (χ3v) is 2.42. The maximum atomic E-state index is 12.0. The van der Waals surface area contributed by atoms with Gasteiger partial charge >= 0.3 is 0 Å². The third-order valence-electron chi connectivity index (χ3n) is 2.12. The van der Waals surface area contributed by atoms with Gasteiger partial charge in [0, 0.05) is 19.7 Å². The quantitative estimate of drug-likeness (QED) is 0.364. The van der Waals surface area contributed by atoms with Crippen LogP contribution >= 0.6 is 11.6 Å². The topological polar surface area (TPSA) is 76.3 Å². The van der Waals surface area contributed by atoms with Gasteiger partial charge in [0.25, 0.3) is 11.6 Å². The van der Waals surface area contributed by atoms with Gasteiger partial charge in [-0.25, -0.2) is 4.98 Å². The SMILES string of the molecule is C=C(C)CN(C)C(=O)c1cc([N+](=O)[O-])cnc1Cl. The fraction of sp³-hybridized carbons (Fsp3) is 0.273. The molecule has 0 unspecified atom stereocenters. The van der Waals surface area contributed by atoms with Crippen molar-refractivity contribution >= 4 is 23.2 Å². The number of rotatable bonds is 4. The van der Waals surface area contributed by atoms with E-state index in [-0.39, 0.29) is 16.4 Å². The molecule has 0 bridgehead atoms. The molecule has 0 aromatic carbocycles. The predicted octanol–water partition coefficient (Wildman–Crippen LogP) is 2.29. The molecule has 0 spiro atoms. The van der Waals surface area contributed by atoms with Crippen molar-refractivity contribution in [2.75, 3.05) is 13.6 Å². The predicted molar refractivity (Wildman–Crippen MR) is 67.7 cm³/mol. The molecule has 0 aliphatic carbocycles. The van der Waals surface area contributed by atoms with Crippen LogP contribution in [0.1, 0.15) is 17.3 Å². The van der Waals surface area contributed by atoms with Crippen molar-refractivity contribution in [1.29, 1.82) is 0 Å². The van der Waals surface area contributed by atoms with Crippen LogP contribution < -0.4 is 0 Å². The lowest BCUT2D eigenvalue weighted by Crippen LogP contribution is -2.28. The smallest absolute Gasteiger partial charge is 0.288 e. The second-order valence-corrected chi connectivity index (χ2v) is 4.27. The van der Waals surface area contributed by atoms with Crippen molar-refractivity contribution in [1.82, 2.24) is 9.88 Å². The van der Waals surface area contributed by atoms with Crippen molar-refractivity contribution in [3.8, 4) is 0 Å². The van der Waals surface area contributed by atoms with E-state index in [1.807, 2.05) is 0 Å². The number of hydrogen-bond donors (Lipinski definition) is 0. The van der Waals surface area contributed by atoms with Crippen LogP contribution in [0.15, 0.2) is 24.4 Å². The largest absolute Gasteiger partial charge is 0.338 e. The van der Waals surface area contributed by atoms with Gasteiger partial charge in [-0.05, 0) is 6.92 Å². The van der Waals surface area contributed by atoms with Gasteiger partial charge in [-0.1, -0.05) is 23.8 Å². The summed E-state index contributed by atoms with van der Waals surface area (Å²) in [4.78, 5) is 27.0. The molecule has 0 saturated heterocycles. The molecule has 1 aromatic rings. The van der Waals surface area contributed by atoms with E-state index in [4.69, 9.17) is 11.6 Å². The number of carbonyl (C=O) groups excluding carboxylic acids is 1. The summed E-state index contributed by atoms with van der Waals surface area (Å²) in [5.41, 5.74) is 0.529. The summed E-state index contributed by atoms with van der Waals surface area (Å²) in [6, 6.07) is 1.12. The van der Waals surface area contributed by atoms with Crippen molar-refractivity contribution < 1.29 is 9.72 Å². The second-order valence-electron chi connectivity index (χ2n) is 3.91. The standard InChI is InChI=1S/C11H12ClN3O3/c1-7(2)6-14(3)11(16)9-4-8(15(17)18)5-13-10(9)12/h4-5H,1,6H2,2-3H3. The lowest BCUT2D eigenvalue weighted by atomic mass is 10.2. The minimum atomic E-state index is -0.626. The molecule has 6 nitrogen and oxygen atoms in total. The molecule has 1 amide bonds. The van der Waals surface area contributed by atoms with Gasteiger partial charge in [0.2, 0.25) is 0 Å². The summed E-state index contributed by atoms with van der Waals surface area (Å²) >= 11 is 5.77. The van der Waals surface area contributed by atoms with Crippen molar-refractivity contribution in [2.24, 2.45) is 0 Å². The molecule has 1 heterocycles. The van der Waals surface area contributed by atoms with Crippen molar-refractivity contribution in [2.45, 2.75) is 6.92 Å². The van der Waals surface area contributed by atoms with Gasteiger partial charge in [0.15, 0.2) is 0 Å². The van der Waals surface area contributed by atoms with E-state index >= 15 is 0 Å². The maximum Gasteiger partial charge on any atom is 0.288 e. The zero-order chi connectivity index (χ0) is 13.9. The van der Waals surface area contributed by atoms with E-state index in [1.165, 1.54) is 4.90 Å². The lowest BCUT2D eigenvalue weighted by molar-refractivity contribution is -0.385. The van der Waals surface area contributed by atoms with Crippen LogP contribution in [0, 0.1) is 10.1 Å². The third kappa shape index (κ3) is 3.27. The first-order chi connectivity index (χ1) is 8.32. The second kappa shape index (κ2) is 5.59. The molecule has 1 rings (SSSR count). The molecular weight excluding hydrogens is 258 g/mol. The maximum absolute atomic E-state index is 12.0. The van der Waals surface area contributed by atoms with E-state index in [9.17, 15) is 14.9 Å². The number of aromatic nitrogens is 1. The molecule has 0 aliphatic rings. The zero-order valence-corrected chi connectivity index (χ0v) is 10.8. The zero-order valence-electron chi connectivity index (χ0n) is 10.0. The van der Waals surface area contributed by atoms with Gasteiger partial charge in [0.05, 0.1) is 10.5 Å². The molecule has 0 aliphatic heterocycles. The molecule has 0 saturated carbocycles. The van der Waals surface area contributed by atoms with Gasteiger partial charge < -0.3 is 4.90 Å². The Morgan fingerprint density at radius 3 is 2.78 bits per heavy atom. The molecule has 7 heteroatoms. The number of carbonyl (C=O) groups is 1. The number of nitro groups is 1. The highest BCUT2D eigenvalue weighted by Gasteiger charge is 2.19. The van der Waals surface area contributed by atoms with Crippen molar-refractivity contribution in [3.63, 3.8) is 0 Å². The Kier molecular flexibility index (Phi) is 4.38. The first kappa shape index (κ1) is 14.1. The Labute approximate surface area is 109 Å². The van der Waals surface area contributed by atoms with E-state index in [0.29, 0.717) is 6.54 Å². The van der Waals surface area contributed by atoms with E-state index in [2.05, 4.69) is 11.6 Å². The van der Waals surface area contributed by atoms with Crippen LogP contribution in [0.5, 0.6) is 0 Å². The Morgan fingerprint density at radius 1 is 1.67 bits per heavy atom. The van der Waals surface area contributed by atoms with E-state index < -0.39 is 10.8 Å². The molecule has 0 fully saturated rings. The number of likely N-dealkylation sites (N-methyl/N-ethyl adjacent to an activating group) is 1. The molecule has 18 heavy (non-hydrogen) atoms. The highest BCUT2D eigenvalue weighted by molar-refractivity contribution is 6.32. The average Bonchev–Trinajstić information content (AvgIpc) is 2.27. The number of pyridine rings is 1. The summed E-state index contributed by atoms with van der Waals surface area (Å²) in [7, 11) is 1.56. The first-order valence-corrected chi connectivity index (χ1v) is 5.40. The Bertz CT molecular complexity index is 516. The minimum absolute atomic E-state index is 0.00890. The summed E-state index contributed by atoms with van der Waals surface area (Å²) in [5.74, 6) is -0.431. The first-order valence-electron chi connectivity index (χ1n) is 5.02. The molecule has 1 aromatic heterocycles. The van der Waals surface area contributed by atoms with E-state index in [0.717, 1.165) is 17.8 Å². The summed E-state index contributed by atoms with van der Waals surface area (Å²) in [6.07, 6.45) is 1.01. The lowest BCUT2D eigenvalue weighted by Gasteiger charge is -2.17. The molecular formula is C11H12ClN3O3. The fourth-order valence-corrected chi connectivity index (χ4v) is 1.55. The van der Waals surface area contributed by atoms with Crippen LogP contribution in [-0.2, 0) is 0 Å². The fourth-order valence-electron chi connectivity index (χ4n) is 1.37. The molecule has 0 radical (unpaired) electrons. The normalized spacial score (nSPS) is 9.94. The van der Waals surface area contributed by atoms with Crippen LogP contribution in [0.3, 0.4) is 0 Å². The van der Waals surface area contributed by atoms with Crippen molar-refractivity contribution in [3.05, 3.63) is 45.2 Å². The number of halogens is 1. The number of amides is 1. The Hall–Kier alpha value is -1.95. The van der Waals surface area contributed by atoms with Crippen LogP contribution in [0.2, 0.25) is 5.15 Å². The minimum Gasteiger partial charge on any atom is -0.338 e. The van der Waals surface area contributed by atoms with Gasteiger partial charge in [-0.2, -0.15) is 0 Å². The van der Waals surface area contributed by atoms with Gasteiger partial charge in [-0.15, -0.1) is 0 Å². The van der Waals surface area contributed by atoms with Crippen LogP contribution in [0.4, 0.5) is 5.69 Å². The van der Waals surface area contributed by atoms with Crippen LogP contribution in [0.25, 0.3) is 0 Å². The summed E-state index contributed by atoms with van der Waals surface area (Å²) in [6.45, 7) is 5.81. The number of nitrogens with zero attached hydrogens (tertiary/aromatic N) is 3. The summed E-state index contributed by atoms with van der Waals surface area (Å²) in [5, 5.41) is 10.6. The molecule has 0 N–H and O–H groups in total. The monoisotopic (exact) mass is 269 g/mol. The van der Waals surface area contributed by atoms with E-state index in [1.54, 1.807) is 14.0 Å². The highest BCUT2D eigenvalue weighted by Crippen LogP contribution is 2.20. The number of hydrogen-bond acceptors (Lipinski definition) is 4. The molecule has 96 valence electrons. The molecule has 0 atom stereocenters. The van der Waals surface area contributed by atoms with Gasteiger partial charge in [-0.3, -0.25) is 14.9 Å². The average molecular weight is 270 g/mol. The Balaban J connectivity index is 3.08.